The van der Waals surface area contributed by atoms with E-state index in [1.807, 2.05) is 12.3 Å². The lowest BCUT2D eigenvalue weighted by Gasteiger charge is -2.42. The molecule has 202 valence electrons. The molecule has 1 saturated heterocycles. The van der Waals surface area contributed by atoms with Crippen molar-refractivity contribution in [3.05, 3.63) is 82.2 Å². The largest absolute Gasteiger partial charge is 0.612 e. The van der Waals surface area contributed by atoms with Crippen LogP contribution in [0.15, 0.2) is 76.9 Å². The average Bonchev–Trinajstić information content (AvgIpc) is 3.39. The lowest BCUT2D eigenvalue weighted by Crippen LogP contribution is -2.49. The van der Waals surface area contributed by atoms with Crippen LogP contribution in [0.4, 0.5) is 5.82 Å². The highest BCUT2D eigenvalue weighted by Crippen LogP contribution is 2.40. The van der Waals surface area contributed by atoms with Gasteiger partial charge in [-0.05, 0) is 61.3 Å². The molecule has 38 heavy (non-hydrogen) atoms. The number of aromatic nitrogens is 1. The van der Waals surface area contributed by atoms with Crippen molar-refractivity contribution >= 4 is 17.4 Å². The first kappa shape index (κ1) is 26.0. The zero-order valence-electron chi connectivity index (χ0n) is 22.4. The van der Waals surface area contributed by atoms with E-state index >= 15 is 0 Å². The van der Waals surface area contributed by atoms with E-state index in [9.17, 15) is 10.4 Å². The Bertz CT molecular complexity index is 1170. The number of anilines is 1. The van der Waals surface area contributed by atoms with Crippen LogP contribution >= 0.6 is 0 Å². The number of ether oxygens (including phenoxy) is 1. The molecule has 0 saturated carbocycles. The second-order valence-corrected chi connectivity index (χ2v) is 10.9. The van der Waals surface area contributed by atoms with Crippen molar-refractivity contribution in [2.24, 2.45) is 28.8 Å². The topological polar surface area (TPSA) is 102 Å². The smallest absolute Gasteiger partial charge is 0.222 e. The van der Waals surface area contributed by atoms with Gasteiger partial charge in [0, 0.05) is 63.1 Å². The highest BCUT2D eigenvalue weighted by Gasteiger charge is 2.34. The summed E-state index contributed by atoms with van der Waals surface area (Å²) in [6.45, 7) is 12.2. The second-order valence-electron chi connectivity index (χ2n) is 10.9. The maximum atomic E-state index is 10.9. The lowest BCUT2D eigenvalue weighted by molar-refractivity contribution is -0.377. The molecule has 0 bridgehead atoms. The Kier molecular flexibility index (Phi) is 7.83. The zero-order valence-corrected chi connectivity index (χ0v) is 22.4. The molecule has 9 nitrogen and oxygen atoms in total. The molecule has 3 atom stereocenters. The highest BCUT2D eigenvalue weighted by atomic mass is 16.8. The summed E-state index contributed by atoms with van der Waals surface area (Å²) in [6, 6.07) is 6.12. The molecule has 2 aliphatic carbocycles. The van der Waals surface area contributed by atoms with Gasteiger partial charge in [0.15, 0.2) is 0 Å². The van der Waals surface area contributed by atoms with Gasteiger partial charge in [-0.25, -0.2) is 10.4 Å². The first-order chi connectivity index (χ1) is 18.4. The van der Waals surface area contributed by atoms with Crippen molar-refractivity contribution in [3.8, 4) is 0 Å². The van der Waals surface area contributed by atoms with Gasteiger partial charge in [0.05, 0.1) is 0 Å². The van der Waals surface area contributed by atoms with Gasteiger partial charge in [-0.15, -0.1) is 5.10 Å². The number of rotatable bonds is 6. The van der Waals surface area contributed by atoms with Gasteiger partial charge in [-0.3, -0.25) is 4.90 Å². The molecule has 9 heteroatoms. The van der Waals surface area contributed by atoms with Crippen molar-refractivity contribution in [1.29, 1.82) is 0 Å². The Hall–Kier alpha value is -3.59. The number of nitrogens with one attached hydrogen (secondary N) is 1. The third-order valence-corrected chi connectivity index (χ3v) is 8.16. The molecule has 3 heterocycles. The quantitative estimate of drug-likeness (QED) is 0.343. The minimum absolute atomic E-state index is 0.0563. The predicted molar refractivity (Wildman–Crippen MR) is 150 cm³/mol. The Morgan fingerprint density at radius 3 is 2.53 bits per heavy atom. The van der Waals surface area contributed by atoms with E-state index in [4.69, 9.17) is 4.74 Å². The van der Waals surface area contributed by atoms with Crippen molar-refractivity contribution in [3.63, 3.8) is 0 Å². The molecule has 0 unspecified atom stereocenters. The van der Waals surface area contributed by atoms with Crippen LogP contribution < -0.4 is 10.3 Å². The van der Waals surface area contributed by atoms with Crippen LogP contribution in [0.2, 0.25) is 0 Å². The van der Waals surface area contributed by atoms with Crippen molar-refractivity contribution in [2.45, 2.75) is 33.6 Å². The summed E-state index contributed by atoms with van der Waals surface area (Å²) < 4.78 is 6.03. The van der Waals surface area contributed by atoms with E-state index in [1.165, 1.54) is 17.7 Å². The molecule has 0 spiro atoms. The Labute approximate surface area is 224 Å². The zero-order chi connectivity index (χ0) is 26.6. The molecule has 1 aromatic heterocycles. The monoisotopic (exact) mass is 517 g/mol. The summed E-state index contributed by atoms with van der Waals surface area (Å²) in [6.07, 6.45) is 12.6. The van der Waals surface area contributed by atoms with Crippen LogP contribution in [0.1, 0.15) is 33.6 Å². The third kappa shape index (κ3) is 5.93. The number of hydrazone groups is 1. The van der Waals surface area contributed by atoms with E-state index in [2.05, 4.69) is 64.3 Å². The first-order valence-electron chi connectivity index (χ1n) is 13.6. The van der Waals surface area contributed by atoms with Crippen LogP contribution in [0.3, 0.4) is 0 Å². The third-order valence-electron chi connectivity index (χ3n) is 8.16. The average molecular weight is 518 g/mol. The van der Waals surface area contributed by atoms with E-state index in [-0.39, 0.29) is 5.71 Å². The highest BCUT2D eigenvalue weighted by molar-refractivity contribution is 6.02. The molecule has 4 aliphatic rings. The van der Waals surface area contributed by atoms with E-state index in [0.29, 0.717) is 35.5 Å². The van der Waals surface area contributed by atoms with Gasteiger partial charge in [-0.1, -0.05) is 31.6 Å². The fourth-order valence-electron chi connectivity index (χ4n) is 5.92. The van der Waals surface area contributed by atoms with Crippen molar-refractivity contribution < 1.29 is 9.64 Å². The Morgan fingerprint density at radius 2 is 1.87 bits per heavy atom. The normalized spacial score (nSPS) is 25.8. The molecule has 1 fully saturated rings. The van der Waals surface area contributed by atoms with Crippen molar-refractivity contribution in [2.75, 3.05) is 37.6 Å². The molecular formula is C29H37N6O3-. The fourth-order valence-corrected chi connectivity index (χ4v) is 5.92. The summed E-state index contributed by atoms with van der Waals surface area (Å²) in [5.41, 5.74) is 5.18. The van der Waals surface area contributed by atoms with E-state index < -0.39 is 4.90 Å². The van der Waals surface area contributed by atoms with Gasteiger partial charge in [-0.2, -0.15) is 4.90 Å². The van der Waals surface area contributed by atoms with Gasteiger partial charge in [0.1, 0.15) is 5.82 Å². The summed E-state index contributed by atoms with van der Waals surface area (Å²) in [5, 5.41) is 26.3. The van der Waals surface area contributed by atoms with Crippen molar-refractivity contribution in [1.82, 2.24) is 15.3 Å². The lowest BCUT2D eigenvalue weighted by atomic mass is 9.69. The number of piperazine rings is 1. The maximum absolute atomic E-state index is 10.9. The maximum Gasteiger partial charge on any atom is 0.222 e. The van der Waals surface area contributed by atoms with Gasteiger partial charge >= 0.3 is 0 Å². The number of hydrogen-bond donors (Lipinski definition) is 1. The Morgan fingerprint density at radius 1 is 1.11 bits per heavy atom. The van der Waals surface area contributed by atoms with Crippen LogP contribution in [-0.4, -0.2) is 59.1 Å². The standard InChI is InChI=1S/C29H37N6O3/c1-20(2)26-17-23(18-28-31-32-29(38-28)22-7-9-25(10-8-22)35(36)37)21(3)16-24(26)19-33-12-14-34(15-13-33)27-6-4-5-11-30-27/h4-11,16,20,23-24,26,32H,12-15,17-19H2,1-3H3/q-1/t23-,24-,26-/m0/s1. The fraction of sp³-hybridized carbons (Fsp3) is 0.483. The van der Waals surface area contributed by atoms with Gasteiger partial charge in [0.2, 0.25) is 17.5 Å². The molecule has 2 aliphatic heterocycles. The minimum atomic E-state index is -0.405. The van der Waals surface area contributed by atoms with Crippen LogP contribution in [0, 0.1) is 34.1 Å². The van der Waals surface area contributed by atoms with Gasteiger partial charge in [0.25, 0.3) is 0 Å². The molecule has 5 rings (SSSR count). The second kappa shape index (κ2) is 11.4. The summed E-state index contributed by atoms with van der Waals surface area (Å²) in [5.74, 6) is 4.39. The predicted octanol–water partition coefficient (Wildman–Crippen LogP) is 4.17. The number of hydrogen-bond acceptors (Lipinski definition) is 8. The van der Waals surface area contributed by atoms with Crippen LogP contribution in [0.25, 0.3) is 0 Å². The SMILES string of the molecule is CC1=C[C@@H](CN2CCN(c3ccccn3)CC2)[C@H](C(C)C)C[C@H]1CC1=NNC(=C2C=CC(=[N+]([O-])[O-])C=C2)O1. The number of allylic oxidation sites excluding steroid dienone is 6. The first-order valence-corrected chi connectivity index (χ1v) is 13.6. The molecule has 1 N–H and O–H groups in total. The minimum Gasteiger partial charge on any atom is -0.612 e. The molecular weight excluding hydrogens is 480 g/mol. The number of pyridine rings is 1. The summed E-state index contributed by atoms with van der Waals surface area (Å²) in [7, 11) is 0. The van der Waals surface area contributed by atoms with E-state index in [0.717, 1.165) is 57.0 Å². The molecule has 0 aromatic carbocycles. The molecule has 1 aromatic rings. The van der Waals surface area contributed by atoms with Gasteiger partial charge < -0.3 is 20.1 Å². The number of nitrogens with zero attached hydrogens (tertiary/aromatic N) is 5. The van der Waals surface area contributed by atoms with Crippen LogP contribution in [-0.2, 0) is 4.74 Å². The summed E-state index contributed by atoms with van der Waals surface area (Å²) in [4.78, 5) is 9.11. The molecule has 0 radical (unpaired) electrons. The van der Waals surface area contributed by atoms with Crippen LogP contribution in [0.5, 0.6) is 0 Å². The molecule has 0 amide bonds. The summed E-state index contributed by atoms with van der Waals surface area (Å²) >= 11 is 0. The van der Waals surface area contributed by atoms with E-state index in [1.54, 1.807) is 12.2 Å². The Balaban J connectivity index is 1.18.